The number of pyridine rings is 2. The lowest BCUT2D eigenvalue weighted by Gasteiger charge is -2.17. The lowest BCUT2D eigenvalue weighted by molar-refractivity contribution is -0.113. The molecular formula is C25H22N5O5P. The Morgan fingerprint density at radius 3 is 2.69 bits per heavy atom. The van der Waals surface area contributed by atoms with Gasteiger partial charge in [0.2, 0.25) is 5.91 Å². The maximum atomic E-state index is 12.1. The van der Waals surface area contributed by atoms with Crippen LogP contribution in [0.5, 0.6) is 0 Å². The Morgan fingerprint density at radius 1 is 1.22 bits per heavy atom. The first-order valence-electron chi connectivity index (χ1n) is 10.7. The van der Waals surface area contributed by atoms with Gasteiger partial charge in [-0.1, -0.05) is 18.7 Å². The highest BCUT2D eigenvalue weighted by Gasteiger charge is 2.23. The largest absolute Gasteiger partial charge is 0.471 e. The van der Waals surface area contributed by atoms with Crippen molar-refractivity contribution in [1.29, 1.82) is 5.26 Å². The van der Waals surface area contributed by atoms with Crippen LogP contribution in [-0.2, 0) is 13.9 Å². The molecule has 0 fully saturated rings. The molecule has 3 aromatic heterocycles. The molecule has 182 valence electrons. The number of fused-ring (bicyclic) bond motifs is 1. The van der Waals surface area contributed by atoms with Crippen molar-refractivity contribution in [2.75, 3.05) is 11.9 Å². The van der Waals surface area contributed by atoms with Crippen LogP contribution in [0.15, 0.2) is 73.7 Å². The molecule has 0 aliphatic rings. The number of nitriles is 1. The quantitative estimate of drug-likeness (QED) is 0.279. The zero-order valence-electron chi connectivity index (χ0n) is 19.4. The molecule has 1 amide bonds. The first kappa shape index (κ1) is 25.0. The van der Waals surface area contributed by atoms with Crippen molar-refractivity contribution in [3.63, 3.8) is 0 Å². The summed E-state index contributed by atoms with van der Waals surface area (Å²) in [4.78, 5) is 40.7. The van der Waals surface area contributed by atoms with Crippen molar-refractivity contribution < 1.29 is 23.7 Å². The van der Waals surface area contributed by atoms with Crippen molar-refractivity contribution in [3.05, 3.63) is 79.4 Å². The summed E-state index contributed by atoms with van der Waals surface area (Å²) in [7, 11) is -3.11. The monoisotopic (exact) mass is 503 g/mol. The van der Waals surface area contributed by atoms with E-state index in [1.54, 1.807) is 37.6 Å². The molecule has 11 heteroatoms. The molecular weight excluding hydrogens is 481 g/mol. The number of anilines is 1. The van der Waals surface area contributed by atoms with E-state index in [0.29, 0.717) is 27.8 Å². The van der Waals surface area contributed by atoms with Gasteiger partial charge in [-0.05, 0) is 54.5 Å². The highest BCUT2D eigenvalue weighted by molar-refractivity contribution is 7.46. The minimum absolute atomic E-state index is 0.222. The summed E-state index contributed by atoms with van der Waals surface area (Å²) in [6.07, 6.45) is 5.03. The zero-order chi connectivity index (χ0) is 26.0. The fourth-order valence-electron chi connectivity index (χ4n) is 3.86. The Labute approximate surface area is 207 Å². The molecule has 36 heavy (non-hydrogen) atoms. The van der Waals surface area contributed by atoms with E-state index in [0.717, 1.165) is 11.1 Å². The van der Waals surface area contributed by atoms with Gasteiger partial charge in [0.1, 0.15) is 23.6 Å². The third kappa shape index (κ3) is 5.10. The van der Waals surface area contributed by atoms with Crippen LogP contribution in [0.1, 0.15) is 18.8 Å². The lowest BCUT2D eigenvalue weighted by atomic mass is 10.0. The molecule has 4 aromatic rings. The number of phosphoric ester groups is 1. The molecule has 0 saturated carbocycles. The second-order valence-electron chi connectivity index (χ2n) is 7.93. The number of aromatic nitrogens is 3. The van der Waals surface area contributed by atoms with Crippen LogP contribution in [0.3, 0.4) is 0 Å². The van der Waals surface area contributed by atoms with Crippen LogP contribution >= 0.6 is 7.82 Å². The second-order valence-corrected chi connectivity index (χ2v) is 9.13. The predicted octanol–water partition coefficient (Wildman–Crippen LogP) is 4.41. The Morgan fingerprint density at radius 2 is 2.00 bits per heavy atom. The number of benzene rings is 1. The zero-order valence-corrected chi connectivity index (χ0v) is 20.3. The van der Waals surface area contributed by atoms with Crippen LogP contribution < -0.4 is 4.90 Å². The van der Waals surface area contributed by atoms with E-state index in [1.165, 1.54) is 28.7 Å². The lowest BCUT2D eigenvalue weighted by Crippen LogP contribution is -2.23. The van der Waals surface area contributed by atoms with Crippen LogP contribution in [0.2, 0.25) is 0 Å². The maximum absolute atomic E-state index is 12.1. The molecule has 2 N–H and O–H groups in total. The number of carbonyl (C=O) groups is 1. The van der Waals surface area contributed by atoms with Gasteiger partial charge in [0.15, 0.2) is 0 Å². The smallest absolute Gasteiger partial charge is 0.312 e. The summed E-state index contributed by atoms with van der Waals surface area (Å²) < 4.78 is 17.9. The molecule has 1 atom stereocenters. The molecule has 10 nitrogen and oxygen atoms in total. The van der Waals surface area contributed by atoms with Gasteiger partial charge in [-0.15, -0.1) is 0 Å². The van der Waals surface area contributed by atoms with E-state index in [-0.39, 0.29) is 11.6 Å². The highest BCUT2D eigenvalue weighted by Crippen LogP contribution is 2.42. The summed E-state index contributed by atoms with van der Waals surface area (Å²) >= 11 is 0. The summed E-state index contributed by atoms with van der Waals surface area (Å²) in [5.41, 5.74) is 4.23. The van der Waals surface area contributed by atoms with E-state index < -0.39 is 14.1 Å². The normalized spacial score (nSPS) is 12.2. The molecule has 0 saturated heterocycles. The van der Waals surface area contributed by atoms with Crippen molar-refractivity contribution in [1.82, 2.24) is 14.5 Å². The molecule has 1 unspecified atom stereocenters. The SMILES string of the molecule is C=CC(=O)N(C)c1cccc(-c2cnc3c(c2)c(-c2ccnc(C#N)c2)cn3C(C)OP(=O)(O)O)c1. The standard InChI is InChI=1S/C25H22N5O5P/c1-4-24(31)29(3)21-7-5-6-17(11-21)19-12-22-23(18-8-9-27-20(10-18)13-26)15-30(25(22)28-14-19)16(2)35-36(32,33)34/h4-12,14-16H,1H2,2-3H3,(H2,32,33,34). The van der Waals surface area contributed by atoms with E-state index in [2.05, 4.69) is 16.5 Å². The number of rotatable bonds is 7. The molecule has 0 aliphatic carbocycles. The molecule has 1 aromatic carbocycles. The van der Waals surface area contributed by atoms with Gasteiger partial charge in [0.25, 0.3) is 0 Å². The predicted molar refractivity (Wildman–Crippen MR) is 135 cm³/mol. The van der Waals surface area contributed by atoms with Gasteiger partial charge in [-0.3, -0.25) is 9.32 Å². The second kappa shape index (κ2) is 9.85. The van der Waals surface area contributed by atoms with E-state index in [9.17, 15) is 24.4 Å². The van der Waals surface area contributed by atoms with Crippen molar-refractivity contribution in [3.8, 4) is 28.3 Å². The highest BCUT2D eigenvalue weighted by atomic mass is 31.2. The summed E-state index contributed by atoms with van der Waals surface area (Å²) in [5.74, 6) is -0.245. The summed E-state index contributed by atoms with van der Waals surface area (Å²) in [6, 6.07) is 14.6. The Hall–Kier alpha value is -4.13. The number of carbonyl (C=O) groups excluding carboxylic acids is 1. The number of phosphoric acid groups is 1. The average Bonchev–Trinajstić information content (AvgIpc) is 3.26. The Balaban J connectivity index is 1.89. The van der Waals surface area contributed by atoms with Gasteiger partial charge in [-0.25, -0.2) is 14.5 Å². The first-order chi connectivity index (χ1) is 17.1. The third-order valence-corrected chi connectivity index (χ3v) is 6.19. The number of nitrogens with zero attached hydrogens (tertiary/aromatic N) is 5. The molecule has 3 heterocycles. The number of hydrogen-bond acceptors (Lipinski definition) is 6. The van der Waals surface area contributed by atoms with Gasteiger partial charge in [-0.2, -0.15) is 5.26 Å². The molecule has 0 spiro atoms. The van der Waals surface area contributed by atoms with Gasteiger partial charge in [0, 0.05) is 47.8 Å². The van der Waals surface area contributed by atoms with Crippen LogP contribution in [-0.4, -0.2) is 37.3 Å². The Kier molecular flexibility index (Phi) is 6.84. The van der Waals surface area contributed by atoms with E-state index >= 15 is 0 Å². The van der Waals surface area contributed by atoms with E-state index in [1.807, 2.05) is 30.3 Å². The first-order valence-corrected chi connectivity index (χ1v) is 12.3. The minimum Gasteiger partial charge on any atom is -0.312 e. The average molecular weight is 503 g/mol. The fourth-order valence-corrected chi connectivity index (χ4v) is 4.36. The number of amides is 1. The third-order valence-electron chi connectivity index (χ3n) is 5.61. The summed E-state index contributed by atoms with van der Waals surface area (Å²) in [5, 5.41) is 9.96. The number of hydrogen-bond donors (Lipinski definition) is 2. The van der Waals surface area contributed by atoms with Gasteiger partial charge in [0.05, 0.1) is 0 Å². The maximum Gasteiger partial charge on any atom is 0.471 e. The van der Waals surface area contributed by atoms with Gasteiger partial charge >= 0.3 is 7.82 Å². The van der Waals surface area contributed by atoms with Crippen molar-refractivity contribution >= 4 is 30.5 Å². The summed E-state index contributed by atoms with van der Waals surface area (Å²) in [6.45, 7) is 5.03. The fraction of sp³-hybridized carbons (Fsp3) is 0.120. The van der Waals surface area contributed by atoms with Crippen LogP contribution in [0.4, 0.5) is 5.69 Å². The van der Waals surface area contributed by atoms with Crippen molar-refractivity contribution in [2.24, 2.45) is 0 Å². The van der Waals surface area contributed by atoms with E-state index in [4.69, 9.17) is 4.52 Å². The van der Waals surface area contributed by atoms with Gasteiger partial charge < -0.3 is 19.3 Å². The number of likely N-dealkylation sites (N-methyl/N-ethyl adjacent to an activating group) is 1. The Bertz CT molecular complexity index is 1570. The topological polar surface area (TPSA) is 142 Å². The molecule has 0 radical (unpaired) electrons. The van der Waals surface area contributed by atoms with Crippen molar-refractivity contribution in [2.45, 2.75) is 13.2 Å². The minimum atomic E-state index is -4.76. The molecule has 4 rings (SSSR count). The van der Waals surface area contributed by atoms with Crippen LogP contribution in [0, 0.1) is 11.3 Å². The molecule has 0 bridgehead atoms. The van der Waals surface area contributed by atoms with Crippen LogP contribution in [0.25, 0.3) is 33.3 Å². The molecule has 0 aliphatic heterocycles.